The maximum atomic E-state index is 9.44. The van der Waals surface area contributed by atoms with Gasteiger partial charge in [0.25, 0.3) is 0 Å². The largest absolute Gasteiger partial charge is 0.383 e. The minimum Gasteiger partial charge on any atom is -0.383 e. The van der Waals surface area contributed by atoms with Crippen LogP contribution >= 0.6 is 11.6 Å². The van der Waals surface area contributed by atoms with Gasteiger partial charge in [-0.05, 0) is 41.8 Å². The molecule has 3 aromatic rings. The summed E-state index contributed by atoms with van der Waals surface area (Å²) in [6.45, 7) is 6.27. The Morgan fingerprint density at radius 2 is 2.12 bits per heavy atom. The van der Waals surface area contributed by atoms with Crippen LogP contribution in [0.1, 0.15) is 13.8 Å². The number of benzene rings is 1. The van der Waals surface area contributed by atoms with Crippen LogP contribution < -0.4 is 16.0 Å². The third kappa shape index (κ3) is 4.50. The Morgan fingerprint density at radius 3 is 2.88 bits per heavy atom. The number of nitrogens with two attached hydrogens (primary N) is 1. The number of hydrogen-bond donors (Lipinski definition) is 2. The molecule has 1 atom stereocenters. The Kier molecular flexibility index (Phi) is 6.23. The summed E-state index contributed by atoms with van der Waals surface area (Å²) < 4.78 is 0. The SMILES string of the molecule is CC(C)C1CN(c2cc(N)nc(Cl)n2)CCN1C(=Nc1cccc2ncccc12)NC#N. The Morgan fingerprint density at radius 1 is 1.28 bits per heavy atom. The van der Waals surface area contributed by atoms with E-state index < -0.39 is 0 Å². The highest BCUT2D eigenvalue weighted by Gasteiger charge is 2.32. The standard InChI is InChI=1S/C22H24ClN9/c1-14(2)18-12-31(20-11-19(25)29-21(23)30-20)9-10-32(18)22(27-13-24)28-17-7-3-6-16-15(17)5-4-8-26-16/h3-8,11,14,18H,9-10,12H2,1-2H3,(H,27,28)(H2,25,29,30). The summed E-state index contributed by atoms with van der Waals surface area (Å²) in [5, 5.41) is 13.3. The molecule has 9 nitrogen and oxygen atoms in total. The summed E-state index contributed by atoms with van der Waals surface area (Å²) in [5.41, 5.74) is 7.48. The number of hydrogen-bond acceptors (Lipinski definition) is 7. The first-order valence-corrected chi connectivity index (χ1v) is 10.7. The molecular weight excluding hydrogens is 426 g/mol. The first-order chi connectivity index (χ1) is 15.5. The smallest absolute Gasteiger partial charge is 0.226 e. The van der Waals surface area contributed by atoms with E-state index in [9.17, 15) is 5.26 Å². The van der Waals surface area contributed by atoms with Crippen LogP contribution in [-0.2, 0) is 0 Å². The molecule has 1 unspecified atom stereocenters. The van der Waals surface area contributed by atoms with Crippen molar-refractivity contribution < 1.29 is 0 Å². The molecule has 164 valence electrons. The lowest BCUT2D eigenvalue weighted by molar-refractivity contribution is 0.220. The van der Waals surface area contributed by atoms with Gasteiger partial charge in [0, 0.05) is 37.3 Å². The number of halogens is 1. The minimum atomic E-state index is 0.0754. The van der Waals surface area contributed by atoms with Crippen molar-refractivity contribution in [3.05, 3.63) is 47.9 Å². The molecule has 1 fully saturated rings. The summed E-state index contributed by atoms with van der Waals surface area (Å²) in [6, 6.07) is 11.4. The molecular formula is C22H24ClN9. The lowest BCUT2D eigenvalue weighted by Gasteiger charge is -2.44. The second-order valence-electron chi connectivity index (χ2n) is 7.89. The third-order valence-corrected chi connectivity index (χ3v) is 5.68. The zero-order valence-electron chi connectivity index (χ0n) is 17.9. The van der Waals surface area contributed by atoms with E-state index in [1.165, 1.54) is 0 Å². The Bertz CT molecular complexity index is 1160. The molecule has 1 aromatic carbocycles. The Hall–Kier alpha value is -3.64. The van der Waals surface area contributed by atoms with Crippen molar-refractivity contribution in [2.45, 2.75) is 19.9 Å². The number of nitrogens with one attached hydrogen (secondary N) is 1. The Labute approximate surface area is 191 Å². The van der Waals surface area contributed by atoms with Crippen LogP contribution in [0, 0.1) is 17.4 Å². The highest BCUT2D eigenvalue weighted by Crippen LogP contribution is 2.27. The predicted octanol–water partition coefficient (Wildman–Crippen LogP) is 3.17. The maximum absolute atomic E-state index is 9.44. The molecule has 10 heteroatoms. The topological polar surface area (TPSA) is 119 Å². The number of aromatic nitrogens is 3. The van der Waals surface area contributed by atoms with Crippen LogP contribution in [0.3, 0.4) is 0 Å². The van der Waals surface area contributed by atoms with E-state index >= 15 is 0 Å². The molecule has 3 N–H and O–H groups in total. The van der Waals surface area contributed by atoms with Gasteiger partial charge >= 0.3 is 0 Å². The fourth-order valence-electron chi connectivity index (χ4n) is 3.95. The van der Waals surface area contributed by atoms with Crippen molar-refractivity contribution in [2.75, 3.05) is 30.3 Å². The van der Waals surface area contributed by atoms with E-state index in [4.69, 9.17) is 22.3 Å². The van der Waals surface area contributed by atoms with E-state index in [1.54, 1.807) is 12.3 Å². The number of aliphatic imine (C=N–C) groups is 1. The molecule has 0 saturated carbocycles. The van der Waals surface area contributed by atoms with Gasteiger partial charge in [0.1, 0.15) is 11.6 Å². The van der Waals surface area contributed by atoms with Crippen LogP contribution in [0.15, 0.2) is 47.6 Å². The monoisotopic (exact) mass is 449 g/mol. The fraction of sp³-hybridized carbons (Fsp3) is 0.318. The lowest BCUT2D eigenvalue weighted by Crippen LogP contribution is -2.59. The van der Waals surface area contributed by atoms with Crippen molar-refractivity contribution in [3.63, 3.8) is 0 Å². The van der Waals surface area contributed by atoms with Crippen LogP contribution in [0.25, 0.3) is 10.9 Å². The van der Waals surface area contributed by atoms with Gasteiger partial charge in [-0.2, -0.15) is 5.26 Å². The van der Waals surface area contributed by atoms with Crippen LogP contribution in [0.4, 0.5) is 17.3 Å². The van der Waals surface area contributed by atoms with Crippen molar-refractivity contribution in [1.29, 1.82) is 5.26 Å². The summed E-state index contributed by atoms with van der Waals surface area (Å²) in [6.07, 6.45) is 3.80. The van der Waals surface area contributed by atoms with Gasteiger partial charge in [0.05, 0.1) is 17.2 Å². The number of guanidine groups is 1. The van der Waals surface area contributed by atoms with Crippen molar-refractivity contribution >= 4 is 45.8 Å². The molecule has 0 amide bonds. The summed E-state index contributed by atoms with van der Waals surface area (Å²) in [4.78, 5) is 21.8. The first-order valence-electron chi connectivity index (χ1n) is 10.4. The average Bonchev–Trinajstić information content (AvgIpc) is 2.78. The number of anilines is 2. The van der Waals surface area contributed by atoms with Gasteiger partial charge in [0.2, 0.25) is 11.2 Å². The van der Waals surface area contributed by atoms with Crippen molar-refractivity contribution in [2.24, 2.45) is 10.9 Å². The highest BCUT2D eigenvalue weighted by atomic mass is 35.5. The van der Waals surface area contributed by atoms with Gasteiger partial charge in [-0.3, -0.25) is 10.3 Å². The van der Waals surface area contributed by atoms with Gasteiger partial charge in [-0.15, -0.1) is 0 Å². The molecule has 3 heterocycles. The maximum Gasteiger partial charge on any atom is 0.226 e. The number of nitriles is 1. The molecule has 0 bridgehead atoms. The lowest BCUT2D eigenvalue weighted by atomic mass is 9.99. The fourth-order valence-corrected chi connectivity index (χ4v) is 4.13. The number of nitrogens with zero attached hydrogens (tertiary/aromatic N) is 7. The van der Waals surface area contributed by atoms with E-state index in [2.05, 4.69) is 43.9 Å². The molecule has 0 aliphatic carbocycles. The molecule has 1 saturated heterocycles. The second-order valence-corrected chi connectivity index (χ2v) is 8.23. The molecule has 0 spiro atoms. The molecule has 1 aliphatic rings. The average molecular weight is 450 g/mol. The van der Waals surface area contributed by atoms with E-state index in [1.807, 2.05) is 36.5 Å². The molecule has 2 aromatic heterocycles. The van der Waals surface area contributed by atoms with Crippen molar-refractivity contribution in [3.8, 4) is 6.19 Å². The number of nitrogen functional groups attached to an aromatic ring is 1. The predicted molar refractivity (Wildman–Crippen MR) is 127 cm³/mol. The van der Waals surface area contributed by atoms with Crippen LogP contribution in [0.5, 0.6) is 0 Å². The zero-order valence-corrected chi connectivity index (χ0v) is 18.7. The number of pyridine rings is 1. The number of piperazine rings is 1. The number of rotatable bonds is 3. The number of fused-ring (bicyclic) bond motifs is 1. The van der Waals surface area contributed by atoms with E-state index in [-0.39, 0.29) is 17.2 Å². The van der Waals surface area contributed by atoms with Gasteiger partial charge in [-0.1, -0.05) is 19.9 Å². The molecule has 4 rings (SSSR count). The van der Waals surface area contributed by atoms with Crippen LogP contribution in [0.2, 0.25) is 5.28 Å². The summed E-state index contributed by atoms with van der Waals surface area (Å²) in [5.74, 6) is 1.83. The van der Waals surface area contributed by atoms with Crippen molar-refractivity contribution in [1.82, 2.24) is 25.2 Å². The minimum absolute atomic E-state index is 0.0754. The van der Waals surface area contributed by atoms with Gasteiger partial charge < -0.3 is 15.5 Å². The normalized spacial score (nSPS) is 17.0. The summed E-state index contributed by atoms with van der Waals surface area (Å²) >= 11 is 6.02. The Balaban J connectivity index is 1.68. The third-order valence-electron chi connectivity index (χ3n) is 5.51. The zero-order chi connectivity index (χ0) is 22.7. The van der Waals surface area contributed by atoms with E-state index in [0.29, 0.717) is 37.2 Å². The van der Waals surface area contributed by atoms with Crippen LogP contribution in [-0.4, -0.2) is 51.5 Å². The highest BCUT2D eigenvalue weighted by molar-refractivity contribution is 6.28. The first kappa shape index (κ1) is 21.6. The van der Waals surface area contributed by atoms with Gasteiger partial charge in [0.15, 0.2) is 6.19 Å². The molecule has 1 aliphatic heterocycles. The molecule has 32 heavy (non-hydrogen) atoms. The van der Waals surface area contributed by atoms with Gasteiger partial charge in [-0.25, -0.2) is 15.0 Å². The molecule has 0 radical (unpaired) electrons. The quantitative estimate of drug-likeness (QED) is 0.206. The second kappa shape index (κ2) is 9.24. The summed E-state index contributed by atoms with van der Waals surface area (Å²) in [7, 11) is 0. The van der Waals surface area contributed by atoms with E-state index in [0.717, 1.165) is 16.6 Å².